The summed E-state index contributed by atoms with van der Waals surface area (Å²) in [5.41, 5.74) is 0.587. The minimum absolute atomic E-state index is 0.0283. The predicted octanol–water partition coefficient (Wildman–Crippen LogP) is 0.960. The van der Waals surface area contributed by atoms with Gasteiger partial charge >= 0.3 is 0 Å². The molecule has 24 heavy (non-hydrogen) atoms. The van der Waals surface area contributed by atoms with E-state index in [1.807, 2.05) is 11.8 Å². The van der Waals surface area contributed by atoms with E-state index in [9.17, 15) is 4.79 Å². The Kier molecular flexibility index (Phi) is 4.14. The number of hydrogen-bond acceptors (Lipinski definition) is 6. The molecule has 1 aromatic heterocycles. The van der Waals surface area contributed by atoms with E-state index in [2.05, 4.69) is 9.97 Å². The fourth-order valence-corrected chi connectivity index (χ4v) is 3.76. The van der Waals surface area contributed by atoms with Gasteiger partial charge in [-0.05, 0) is 13.3 Å². The van der Waals surface area contributed by atoms with Crippen LogP contribution in [-0.4, -0.2) is 65.4 Å². The first-order valence-electron chi connectivity index (χ1n) is 8.59. The van der Waals surface area contributed by atoms with Gasteiger partial charge in [-0.15, -0.1) is 0 Å². The van der Waals surface area contributed by atoms with Crippen LogP contribution in [0.1, 0.15) is 25.0 Å². The van der Waals surface area contributed by atoms with E-state index in [4.69, 9.17) is 14.2 Å². The molecule has 0 bridgehead atoms. The van der Waals surface area contributed by atoms with Crippen LogP contribution >= 0.6 is 0 Å². The van der Waals surface area contributed by atoms with Gasteiger partial charge in [-0.1, -0.05) is 0 Å². The van der Waals surface area contributed by atoms with Crippen molar-refractivity contribution in [1.29, 1.82) is 0 Å². The Balaban J connectivity index is 1.33. The smallest absolute Gasteiger partial charge is 0.232 e. The molecule has 1 aromatic rings. The van der Waals surface area contributed by atoms with Gasteiger partial charge in [0, 0.05) is 25.6 Å². The number of aromatic nitrogens is 2. The lowest BCUT2D eigenvalue weighted by Gasteiger charge is -2.53. The molecule has 0 unspecified atom stereocenters. The molecular weight excluding hydrogens is 310 g/mol. The third-order valence-corrected chi connectivity index (χ3v) is 5.02. The average Bonchev–Trinajstić information content (AvgIpc) is 3.06. The summed E-state index contributed by atoms with van der Waals surface area (Å²) in [7, 11) is 0. The van der Waals surface area contributed by atoms with Crippen LogP contribution < -0.4 is 4.74 Å². The fourth-order valence-electron chi connectivity index (χ4n) is 3.76. The van der Waals surface area contributed by atoms with Gasteiger partial charge in [0.1, 0.15) is 11.7 Å². The molecular formula is C17H23N3O4. The maximum atomic E-state index is 12.4. The van der Waals surface area contributed by atoms with Crippen molar-refractivity contribution in [1.82, 2.24) is 14.9 Å². The van der Waals surface area contributed by atoms with Crippen molar-refractivity contribution >= 4 is 5.91 Å². The van der Waals surface area contributed by atoms with E-state index in [1.165, 1.54) is 0 Å². The first-order chi connectivity index (χ1) is 11.6. The van der Waals surface area contributed by atoms with Crippen molar-refractivity contribution in [2.45, 2.75) is 37.9 Å². The molecule has 0 saturated carbocycles. The normalized spacial score (nSPS) is 28.6. The quantitative estimate of drug-likeness (QED) is 0.820. The zero-order valence-electron chi connectivity index (χ0n) is 13.9. The molecule has 0 aromatic carbocycles. The van der Waals surface area contributed by atoms with Crippen LogP contribution in [0, 0.1) is 12.8 Å². The minimum atomic E-state index is -0.255. The first kappa shape index (κ1) is 15.8. The van der Waals surface area contributed by atoms with Crippen molar-refractivity contribution in [3.8, 4) is 5.88 Å². The zero-order valence-corrected chi connectivity index (χ0v) is 13.9. The van der Waals surface area contributed by atoms with E-state index in [0.29, 0.717) is 38.8 Å². The number of hydrogen-bond donors (Lipinski definition) is 0. The summed E-state index contributed by atoms with van der Waals surface area (Å²) in [4.78, 5) is 22.8. The van der Waals surface area contributed by atoms with Crippen LogP contribution in [0.15, 0.2) is 12.4 Å². The first-order valence-corrected chi connectivity index (χ1v) is 8.59. The monoisotopic (exact) mass is 333 g/mol. The molecule has 4 rings (SSSR count). The van der Waals surface area contributed by atoms with Crippen molar-refractivity contribution in [2.75, 3.05) is 32.9 Å². The number of likely N-dealkylation sites (tertiary alicyclic amines) is 1. The molecule has 7 nitrogen and oxygen atoms in total. The van der Waals surface area contributed by atoms with Crippen LogP contribution in [0.4, 0.5) is 0 Å². The Morgan fingerprint density at radius 3 is 2.96 bits per heavy atom. The van der Waals surface area contributed by atoms with E-state index in [-0.39, 0.29) is 23.5 Å². The predicted molar refractivity (Wildman–Crippen MR) is 84.6 cm³/mol. The van der Waals surface area contributed by atoms with E-state index < -0.39 is 0 Å². The van der Waals surface area contributed by atoms with Crippen LogP contribution in [0.2, 0.25) is 0 Å². The van der Waals surface area contributed by atoms with Gasteiger partial charge < -0.3 is 19.1 Å². The largest absolute Gasteiger partial charge is 0.473 e. The van der Waals surface area contributed by atoms with Gasteiger partial charge in [0.25, 0.3) is 0 Å². The summed E-state index contributed by atoms with van der Waals surface area (Å²) < 4.78 is 17.3. The van der Waals surface area contributed by atoms with Crippen molar-refractivity contribution < 1.29 is 19.0 Å². The second-order valence-electron chi connectivity index (χ2n) is 7.02. The van der Waals surface area contributed by atoms with Crippen LogP contribution in [0.5, 0.6) is 5.88 Å². The van der Waals surface area contributed by atoms with E-state index in [1.54, 1.807) is 12.4 Å². The molecule has 4 heterocycles. The summed E-state index contributed by atoms with van der Waals surface area (Å²) in [6.45, 7) is 5.11. The summed E-state index contributed by atoms with van der Waals surface area (Å²) in [5, 5.41) is 0. The summed E-state index contributed by atoms with van der Waals surface area (Å²) in [5.74, 6) is 0.794. The maximum Gasteiger partial charge on any atom is 0.232 e. The number of nitrogens with zero attached hydrogens (tertiary/aromatic N) is 3. The van der Waals surface area contributed by atoms with Crippen molar-refractivity contribution in [3.05, 3.63) is 18.1 Å². The Morgan fingerprint density at radius 2 is 2.21 bits per heavy atom. The van der Waals surface area contributed by atoms with E-state index >= 15 is 0 Å². The highest BCUT2D eigenvalue weighted by molar-refractivity contribution is 5.80. The van der Waals surface area contributed by atoms with Crippen molar-refractivity contribution in [3.63, 3.8) is 0 Å². The lowest BCUT2D eigenvalue weighted by Crippen LogP contribution is -2.68. The highest BCUT2D eigenvalue weighted by Gasteiger charge is 2.51. The lowest BCUT2D eigenvalue weighted by atomic mass is 9.84. The Labute approximate surface area is 141 Å². The summed E-state index contributed by atoms with van der Waals surface area (Å²) in [6, 6.07) is 0. The van der Waals surface area contributed by atoms with Crippen LogP contribution in [0.3, 0.4) is 0 Å². The molecule has 130 valence electrons. The van der Waals surface area contributed by atoms with Gasteiger partial charge in [-0.2, -0.15) is 0 Å². The third kappa shape index (κ3) is 3.10. The van der Waals surface area contributed by atoms with Gasteiger partial charge in [0.2, 0.25) is 11.8 Å². The Bertz CT molecular complexity index is 612. The molecule has 7 heteroatoms. The molecule has 0 aliphatic carbocycles. The molecule has 3 saturated heterocycles. The second-order valence-corrected chi connectivity index (χ2v) is 7.02. The Morgan fingerprint density at radius 1 is 1.33 bits per heavy atom. The minimum Gasteiger partial charge on any atom is -0.473 e. The Hall–Kier alpha value is -1.73. The molecule has 0 radical (unpaired) electrons. The highest BCUT2D eigenvalue weighted by Crippen LogP contribution is 2.36. The third-order valence-electron chi connectivity index (χ3n) is 5.02. The SMILES string of the molecule is Cc1cncc(O[C@H]2CCOC3(C2)CN(C(=O)[C@@H]2CCOC2)C3)n1. The number of aryl methyl sites for hydroxylation is 1. The molecule has 0 N–H and O–H groups in total. The standard InChI is InChI=1S/C17H23N3O4/c1-12-7-18-8-15(19-12)24-14-3-5-23-17(6-14)10-20(11-17)16(21)13-2-4-22-9-13/h7-8,13-14H,2-6,9-11H2,1H3/t13-,14+/m1/s1. The summed E-state index contributed by atoms with van der Waals surface area (Å²) >= 11 is 0. The molecule has 3 fully saturated rings. The van der Waals surface area contributed by atoms with Gasteiger partial charge in [0.15, 0.2) is 0 Å². The second kappa shape index (κ2) is 6.29. The maximum absolute atomic E-state index is 12.4. The lowest BCUT2D eigenvalue weighted by molar-refractivity contribution is -0.195. The molecule has 2 atom stereocenters. The fraction of sp³-hybridized carbons (Fsp3) is 0.706. The average molecular weight is 333 g/mol. The molecule has 3 aliphatic rings. The molecule has 1 amide bonds. The van der Waals surface area contributed by atoms with Crippen LogP contribution in [-0.2, 0) is 14.3 Å². The topological polar surface area (TPSA) is 73.8 Å². The van der Waals surface area contributed by atoms with Gasteiger partial charge in [-0.25, -0.2) is 4.98 Å². The van der Waals surface area contributed by atoms with Gasteiger partial charge in [-0.3, -0.25) is 9.78 Å². The molecule has 1 spiro atoms. The van der Waals surface area contributed by atoms with Crippen LogP contribution in [0.25, 0.3) is 0 Å². The zero-order chi connectivity index (χ0) is 16.6. The highest BCUT2D eigenvalue weighted by atomic mass is 16.5. The number of ether oxygens (including phenoxy) is 3. The number of amides is 1. The number of rotatable bonds is 3. The van der Waals surface area contributed by atoms with Gasteiger partial charge in [0.05, 0.1) is 44.1 Å². The summed E-state index contributed by atoms with van der Waals surface area (Å²) in [6.07, 6.45) is 5.87. The van der Waals surface area contributed by atoms with Crippen molar-refractivity contribution in [2.24, 2.45) is 5.92 Å². The number of carbonyl (C=O) groups excluding carboxylic acids is 1. The molecule has 3 aliphatic heterocycles. The number of carbonyl (C=O) groups is 1. The van der Waals surface area contributed by atoms with E-state index in [0.717, 1.165) is 25.0 Å².